The van der Waals surface area contributed by atoms with E-state index in [4.69, 9.17) is 14.2 Å². The summed E-state index contributed by atoms with van der Waals surface area (Å²) in [7, 11) is 1.52. The summed E-state index contributed by atoms with van der Waals surface area (Å²) in [6, 6.07) is 17.9. The summed E-state index contributed by atoms with van der Waals surface area (Å²) in [4.78, 5) is 46.0. The molecule has 0 aliphatic carbocycles. The normalized spacial score (nSPS) is 19.2. The average Bonchev–Trinajstić information content (AvgIpc) is 3.04. The van der Waals surface area contributed by atoms with Crippen molar-refractivity contribution in [1.82, 2.24) is 20.5 Å². The van der Waals surface area contributed by atoms with Crippen molar-refractivity contribution in [2.75, 3.05) is 26.7 Å². The van der Waals surface area contributed by atoms with E-state index in [-0.39, 0.29) is 49.9 Å². The monoisotopic (exact) mass is 626 g/mol. The number of rotatable bonds is 2. The Balaban J connectivity index is 1.24. The zero-order chi connectivity index (χ0) is 32.2. The summed E-state index contributed by atoms with van der Waals surface area (Å²) in [5.74, 6) is 0.329. The molecule has 0 spiro atoms. The number of hydrogen-bond donors (Lipinski definition) is 2. The Labute approximate surface area is 265 Å². The Hall–Kier alpha value is -5.03. The molecule has 1 fully saturated rings. The summed E-state index contributed by atoms with van der Waals surface area (Å²) in [5.41, 5.74) is 2.68. The van der Waals surface area contributed by atoms with E-state index >= 15 is 0 Å². The van der Waals surface area contributed by atoms with Crippen LogP contribution in [0.25, 0.3) is 10.9 Å². The predicted molar refractivity (Wildman–Crippen MR) is 169 cm³/mol. The molecule has 238 valence electrons. The fraction of sp³-hybridized carbons (Fsp3) is 0.314. The number of methoxy groups -OCH3 is 1. The van der Waals surface area contributed by atoms with Crippen LogP contribution in [0, 0.1) is 12.7 Å². The third-order valence-corrected chi connectivity index (χ3v) is 8.16. The number of nitrogens with one attached hydrogen (secondary N) is 2. The van der Waals surface area contributed by atoms with Gasteiger partial charge < -0.3 is 29.7 Å². The molecule has 10 nitrogen and oxygen atoms in total. The minimum Gasteiger partial charge on any atom is -0.497 e. The van der Waals surface area contributed by atoms with Crippen LogP contribution in [0.1, 0.15) is 51.2 Å². The number of carbonyl (C=O) groups is 3. The zero-order valence-electron chi connectivity index (χ0n) is 25.7. The highest BCUT2D eigenvalue weighted by Gasteiger charge is 2.34. The number of likely N-dealkylation sites (tertiary alicyclic amines) is 1. The van der Waals surface area contributed by atoms with Crippen LogP contribution in [0.5, 0.6) is 17.2 Å². The minimum atomic E-state index is -0.475. The maximum atomic E-state index is 13.9. The highest BCUT2D eigenvalue weighted by molar-refractivity contribution is 6.06. The highest BCUT2D eigenvalue weighted by atomic mass is 19.1. The first kappa shape index (κ1) is 31.0. The van der Waals surface area contributed by atoms with Crippen molar-refractivity contribution in [3.63, 3.8) is 0 Å². The number of ether oxygens (including phenoxy) is 3. The number of aryl methyl sites for hydroxylation is 1. The fourth-order valence-electron chi connectivity index (χ4n) is 5.88. The predicted octanol–water partition coefficient (Wildman–Crippen LogP) is 4.92. The van der Waals surface area contributed by atoms with E-state index in [1.54, 1.807) is 42.2 Å². The number of fused-ring (bicyclic) bond motifs is 6. The molecule has 0 unspecified atom stereocenters. The van der Waals surface area contributed by atoms with Gasteiger partial charge in [0.1, 0.15) is 23.1 Å². The molecule has 2 atom stereocenters. The van der Waals surface area contributed by atoms with Crippen LogP contribution in [0.4, 0.5) is 4.39 Å². The first-order chi connectivity index (χ1) is 22.2. The van der Waals surface area contributed by atoms with E-state index in [9.17, 15) is 18.8 Å². The molecule has 4 aromatic rings. The summed E-state index contributed by atoms with van der Waals surface area (Å²) in [6.45, 7) is 2.95. The second-order valence-corrected chi connectivity index (χ2v) is 11.5. The van der Waals surface area contributed by atoms with Crippen LogP contribution >= 0.6 is 0 Å². The summed E-state index contributed by atoms with van der Waals surface area (Å²) in [5, 5.41) is 6.50. The number of hydrogen-bond acceptors (Lipinski definition) is 7. The molecule has 11 heteroatoms. The maximum Gasteiger partial charge on any atom is 0.254 e. The Morgan fingerprint density at radius 2 is 1.93 bits per heavy atom. The number of aromatic nitrogens is 1. The number of pyridine rings is 1. The third kappa shape index (κ3) is 7.10. The van der Waals surface area contributed by atoms with Gasteiger partial charge in [0, 0.05) is 54.8 Å². The lowest BCUT2D eigenvalue weighted by Gasteiger charge is -2.39. The van der Waals surface area contributed by atoms with Gasteiger partial charge in [0.2, 0.25) is 5.91 Å². The fourth-order valence-corrected chi connectivity index (χ4v) is 5.88. The molecule has 3 heterocycles. The van der Waals surface area contributed by atoms with E-state index < -0.39 is 11.9 Å². The van der Waals surface area contributed by atoms with Crippen molar-refractivity contribution in [2.24, 2.45) is 0 Å². The second-order valence-electron chi connectivity index (χ2n) is 11.5. The zero-order valence-corrected chi connectivity index (χ0v) is 25.7. The molecular formula is C35H35FN4O6. The molecular weight excluding hydrogens is 591 g/mol. The second kappa shape index (κ2) is 13.5. The van der Waals surface area contributed by atoms with Gasteiger partial charge in [0.15, 0.2) is 0 Å². The standard InChI is InChI=1S/C35H35FN4O6/c1-21-13-29(28-9-8-24(36)17-30(28)38-21)35(43)40-12-10-32-31(19-40)39-33(41)7-4-11-37-34(42)23-15-26(44-2)18-27(16-23)46-25-6-3-5-22(14-25)20-45-32/h3,5-6,8-9,13-18,31-32H,4,7,10-12,19-20H2,1-2H3,(H,37,42)(H,39,41)/t31-,32-/m0/s1. The molecule has 0 radical (unpaired) electrons. The van der Waals surface area contributed by atoms with Gasteiger partial charge in [-0.25, -0.2) is 4.39 Å². The first-order valence-corrected chi connectivity index (χ1v) is 15.3. The van der Waals surface area contributed by atoms with Crippen molar-refractivity contribution < 1.29 is 33.0 Å². The molecule has 1 aromatic heterocycles. The summed E-state index contributed by atoms with van der Waals surface area (Å²) < 4.78 is 31.8. The van der Waals surface area contributed by atoms with Crippen LogP contribution < -0.4 is 20.1 Å². The van der Waals surface area contributed by atoms with Crippen LogP contribution in [0.2, 0.25) is 0 Å². The van der Waals surface area contributed by atoms with Gasteiger partial charge in [0.05, 0.1) is 36.9 Å². The number of carbonyl (C=O) groups excluding carboxylic acids is 3. The highest BCUT2D eigenvalue weighted by Crippen LogP contribution is 2.29. The molecule has 2 aliphatic rings. The van der Waals surface area contributed by atoms with Crippen LogP contribution in [-0.4, -0.2) is 66.5 Å². The van der Waals surface area contributed by atoms with Crippen LogP contribution in [-0.2, 0) is 16.1 Å². The summed E-state index contributed by atoms with van der Waals surface area (Å²) >= 11 is 0. The molecule has 3 amide bonds. The van der Waals surface area contributed by atoms with Gasteiger partial charge in [-0.05, 0) is 67.8 Å². The molecule has 4 bridgehead atoms. The number of benzene rings is 3. The molecule has 1 saturated heterocycles. The number of halogens is 1. The van der Waals surface area contributed by atoms with Gasteiger partial charge >= 0.3 is 0 Å². The van der Waals surface area contributed by atoms with Crippen molar-refractivity contribution in [3.8, 4) is 17.2 Å². The third-order valence-electron chi connectivity index (χ3n) is 8.16. The van der Waals surface area contributed by atoms with E-state index in [0.717, 1.165) is 5.56 Å². The molecule has 3 aromatic carbocycles. The van der Waals surface area contributed by atoms with Gasteiger partial charge in [-0.2, -0.15) is 0 Å². The molecule has 6 rings (SSSR count). The largest absolute Gasteiger partial charge is 0.497 e. The van der Waals surface area contributed by atoms with Crippen molar-refractivity contribution >= 4 is 28.6 Å². The Morgan fingerprint density at radius 1 is 1.07 bits per heavy atom. The lowest BCUT2D eigenvalue weighted by molar-refractivity contribution is -0.124. The van der Waals surface area contributed by atoms with Gasteiger partial charge in [-0.15, -0.1) is 0 Å². The van der Waals surface area contributed by atoms with Gasteiger partial charge in [0.25, 0.3) is 11.8 Å². The average molecular weight is 627 g/mol. The number of piperidine rings is 1. The topological polar surface area (TPSA) is 119 Å². The van der Waals surface area contributed by atoms with Crippen molar-refractivity contribution in [2.45, 2.75) is 44.9 Å². The van der Waals surface area contributed by atoms with E-state index in [1.165, 1.54) is 19.2 Å². The maximum absolute atomic E-state index is 13.9. The number of nitrogens with zero attached hydrogens (tertiary/aromatic N) is 2. The Morgan fingerprint density at radius 3 is 2.78 bits per heavy atom. The minimum absolute atomic E-state index is 0.172. The van der Waals surface area contributed by atoms with E-state index in [1.807, 2.05) is 24.3 Å². The van der Waals surface area contributed by atoms with Gasteiger partial charge in [-0.1, -0.05) is 12.1 Å². The number of amides is 3. The molecule has 0 saturated carbocycles. The van der Waals surface area contributed by atoms with E-state index in [2.05, 4.69) is 15.6 Å². The SMILES string of the molecule is COc1cc2cc(c1)C(=O)NCCCC(=O)N[C@H]1CN(C(=O)c3cc(C)nc4cc(F)ccc34)CC[C@@H]1OCc1cccc(c1)O2. The lowest BCUT2D eigenvalue weighted by Crippen LogP contribution is -2.57. The first-order valence-electron chi connectivity index (χ1n) is 15.3. The van der Waals surface area contributed by atoms with Crippen molar-refractivity contribution in [1.29, 1.82) is 0 Å². The molecule has 2 N–H and O–H groups in total. The van der Waals surface area contributed by atoms with Crippen molar-refractivity contribution in [3.05, 3.63) is 94.9 Å². The lowest BCUT2D eigenvalue weighted by atomic mass is 9.99. The Kier molecular flexibility index (Phi) is 9.11. The molecule has 46 heavy (non-hydrogen) atoms. The van der Waals surface area contributed by atoms with Crippen LogP contribution in [0.3, 0.4) is 0 Å². The Bertz CT molecular complexity index is 1790. The smallest absolute Gasteiger partial charge is 0.254 e. The summed E-state index contributed by atoms with van der Waals surface area (Å²) in [6.07, 6.45) is 0.717. The molecule has 2 aliphatic heterocycles. The quantitative estimate of drug-likeness (QED) is 0.324. The van der Waals surface area contributed by atoms with Gasteiger partial charge in [-0.3, -0.25) is 19.4 Å². The van der Waals surface area contributed by atoms with E-state index in [0.29, 0.717) is 64.4 Å². The van der Waals surface area contributed by atoms with Crippen LogP contribution in [0.15, 0.2) is 66.7 Å².